The third kappa shape index (κ3) is 2.93. The van der Waals surface area contributed by atoms with Crippen LogP contribution in [0.2, 0.25) is 0 Å². The van der Waals surface area contributed by atoms with Crippen molar-refractivity contribution in [3.8, 4) is 0 Å². The highest BCUT2D eigenvalue weighted by molar-refractivity contribution is 6.63. The van der Waals surface area contributed by atoms with Gasteiger partial charge in [-0.15, -0.1) is 0 Å². The number of hydrogen-bond donors (Lipinski definition) is 0. The summed E-state index contributed by atoms with van der Waals surface area (Å²) in [5, 5.41) is 4.83. The number of aryl methyl sites for hydroxylation is 1. The second kappa shape index (κ2) is 6.15. The Labute approximate surface area is 146 Å². The van der Waals surface area contributed by atoms with Crippen LogP contribution >= 0.6 is 0 Å². The van der Waals surface area contributed by atoms with Gasteiger partial charge >= 0.3 is 7.12 Å². The Hall–Kier alpha value is -0.845. The van der Waals surface area contributed by atoms with Gasteiger partial charge in [0.05, 0.1) is 16.9 Å². The highest BCUT2D eigenvalue weighted by atomic mass is 16.7. The summed E-state index contributed by atoms with van der Waals surface area (Å²) >= 11 is 0. The van der Waals surface area contributed by atoms with Gasteiger partial charge in [0.1, 0.15) is 6.23 Å². The smallest absolute Gasteiger partial charge is 0.399 e. The van der Waals surface area contributed by atoms with E-state index in [0.717, 1.165) is 30.6 Å². The highest BCUT2D eigenvalue weighted by Gasteiger charge is 2.53. The Balaban J connectivity index is 2.01. The summed E-state index contributed by atoms with van der Waals surface area (Å²) < 4.78 is 20.7. The average Bonchev–Trinajstić information content (AvgIpc) is 2.94. The minimum absolute atomic E-state index is 0.0334. The zero-order chi connectivity index (χ0) is 17.7. The maximum absolute atomic E-state index is 6.31. The van der Waals surface area contributed by atoms with Crippen LogP contribution in [-0.4, -0.2) is 34.7 Å². The van der Waals surface area contributed by atoms with Crippen molar-refractivity contribution < 1.29 is 14.0 Å². The molecule has 2 fully saturated rings. The maximum atomic E-state index is 6.31. The van der Waals surface area contributed by atoms with Crippen LogP contribution in [-0.2, 0) is 14.0 Å². The first kappa shape index (κ1) is 18.0. The maximum Gasteiger partial charge on any atom is 0.498 e. The van der Waals surface area contributed by atoms with Crippen molar-refractivity contribution in [2.24, 2.45) is 0 Å². The molecule has 2 aliphatic heterocycles. The van der Waals surface area contributed by atoms with Crippen LogP contribution in [0.4, 0.5) is 0 Å². The van der Waals surface area contributed by atoms with Crippen molar-refractivity contribution in [1.82, 2.24) is 9.78 Å². The van der Waals surface area contributed by atoms with E-state index in [1.807, 2.05) is 6.92 Å². The number of hydrogen-bond acceptors (Lipinski definition) is 4. The lowest BCUT2D eigenvalue weighted by atomic mass is 9.75. The summed E-state index contributed by atoms with van der Waals surface area (Å²) in [6.07, 6.45) is 3.38. The highest BCUT2D eigenvalue weighted by Crippen LogP contribution is 2.38. The van der Waals surface area contributed by atoms with Gasteiger partial charge in [0.15, 0.2) is 0 Å². The Bertz CT molecular complexity index is 588. The molecular formula is C18H31BN2O3. The van der Waals surface area contributed by atoms with Gasteiger partial charge in [-0.25, -0.2) is 4.68 Å². The quantitative estimate of drug-likeness (QED) is 0.796. The molecule has 1 aromatic heterocycles. The summed E-state index contributed by atoms with van der Waals surface area (Å²) in [6.45, 7) is 15.6. The molecule has 0 bridgehead atoms. The molecule has 0 saturated carbocycles. The van der Waals surface area contributed by atoms with Crippen molar-refractivity contribution in [3.63, 3.8) is 0 Å². The molecule has 6 heteroatoms. The number of nitrogens with zero attached hydrogens (tertiary/aromatic N) is 2. The minimum Gasteiger partial charge on any atom is -0.399 e. The van der Waals surface area contributed by atoms with Crippen LogP contribution in [0.15, 0.2) is 0 Å². The molecule has 1 aromatic rings. The molecular weight excluding hydrogens is 303 g/mol. The van der Waals surface area contributed by atoms with E-state index < -0.39 is 0 Å². The minimum atomic E-state index is -0.371. The normalized spacial score (nSPS) is 26.3. The summed E-state index contributed by atoms with van der Waals surface area (Å²) in [7, 11) is -0.371. The topological polar surface area (TPSA) is 45.5 Å². The van der Waals surface area contributed by atoms with Gasteiger partial charge in [0.25, 0.3) is 0 Å². The third-order valence-corrected chi connectivity index (χ3v) is 5.63. The standard InChI is InChI=1S/C18H31BN2O3/c1-12(2)16-15(19-23-17(4,5)18(6,7)24-19)13(3)20-21(16)14-10-8-9-11-22-14/h12,14H,8-11H2,1-7H3. The molecule has 134 valence electrons. The molecule has 0 spiro atoms. The Kier molecular flexibility index (Phi) is 4.60. The molecule has 1 atom stereocenters. The fraction of sp³-hybridized carbons (Fsp3) is 0.833. The fourth-order valence-corrected chi connectivity index (χ4v) is 3.54. The van der Waals surface area contributed by atoms with Crippen molar-refractivity contribution in [2.75, 3.05) is 6.61 Å². The van der Waals surface area contributed by atoms with Gasteiger partial charge < -0.3 is 14.0 Å². The van der Waals surface area contributed by atoms with Crippen LogP contribution in [0.3, 0.4) is 0 Å². The molecule has 0 N–H and O–H groups in total. The molecule has 24 heavy (non-hydrogen) atoms. The van der Waals surface area contributed by atoms with Crippen LogP contribution in [0.5, 0.6) is 0 Å². The largest absolute Gasteiger partial charge is 0.498 e. The first-order valence-electron chi connectivity index (χ1n) is 9.20. The zero-order valence-electron chi connectivity index (χ0n) is 16.2. The van der Waals surface area contributed by atoms with Crippen LogP contribution in [0.25, 0.3) is 0 Å². The molecule has 2 aliphatic rings. The lowest BCUT2D eigenvalue weighted by molar-refractivity contribution is -0.0415. The summed E-state index contributed by atoms with van der Waals surface area (Å²) in [5.74, 6) is 0.325. The van der Waals surface area contributed by atoms with Gasteiger partial charge in [-0.2, -0.15) is 5.10 Å². The van der Waals surface area contributed by atoms with Crippen molar-refractivity contribution >= 4 is 12.6 Å². The van der Waals surface area contributed by atoms with E-state index in [-0.39, 0.29) is 24.5 Å². The van der Waals surface area contributed by atoms with E-state index in [1.165, 1.54) is 12.1 Å². The molecule has 3 heterocycles. The van der Waals surface area contributed by atoms with Gasteiger partial charge in [-0.1, -0.05) is 13.8 Å². The number of rotatable bonds is 3. The first-order valence-corrected chi connectivity index (χ1v) is 9.20. The van der Waals surface area contributed by atoms with E-state index in [0.29, 0.717) is 5.92 Å². The summed E-state index contributed by atoms with van der Waals surface area (Å²) in [6, 6.07) is 0. The van der Waals surface area contributed by atoms with Crippen LogP contribution in [0.1, 0.15) is 84.3 Å². The predicted molar refractivity (Wildman–Crippen MR) is 95.6 cm³/mol. The van der Waals surface area contributed by atoms with Crippen LogP contribution < -0.4 is 5.46 Å². The third-order valence-electron chi connectivity index (χ3n) is 5.63. The molecule has 2 saturated heterocycles. The SMILES string of the molecule is Cc1nn(C2CCCCO2)c(C(C)C)c1B1OC(C)(C)C(C)(C)O1. The van der Waals surface area contributed by atoms with Crippen molar-refractivity contribution in [2.45, 2.75) is 91.1 Å². The van der Waals surface area contributed by atoms with Gasteiger partial charge in [-0.3, -0.25) is 0 Å². The number of aromatic nitrogens is 2. The van der Waals surface area contributed by atoms with Crippen LogP contribution in [0, 0.1) is 6.92 Å². The first-order chi connectivity index (χ1) is 11.1. The Morgan fingerprint density at radius 3 is 2.25 bits per heavy atom. The molecule has 0 aromatic carbocycles. The molecule has 5 nitrogen and oxygen atoms in total. The summed E-state index contributed by atoms with van der Waals surface area (Å²) in [5.41, 5.74) is 2.55. The average molecular weight is 334 g/mol. The van der Waals surface area contributed by atoms with Crippen molar-refractivity contribution in [3.05, 3.63) is 11.4 Å². The fourth-order valence-electron chi connectivity index (χ4n) is 3.54. The molecule has 1 unspecified atom stereocenters. The van der Waals surface area contributed by atoms with Gasteiger partial charge in [0.2, 0.25) is 0 Å². The molecule has 3 rings (SSSR count). The lowest BCUT2D eigenvalue weighted by Gasteiger charge is -2.32. The van der Waals surface area contributed by atoms with E-state index in [9.17, 15) is 0 Å². The lowest BCUT2D eigenvalue weighted by Crippen LogP contribution is -2.41. The van der Waals surface area contributed by atoms with E-state index >= 15 is 0 Å². The molecule has 0 aliphatic carbocycles. The van der Waals surface area contributed by atoms with Crippen molar-refractivity contribution in [1.29, 1.82) is 0 Å². The summed E-state index contributed by atoms with van der Waals surface area (Å²) in [4.78, 5) is 0. The van der Waals surface area contributed by atoms with E-state index in [4.69, 9.17) is 19.1 Å². The Morgan fingerprint density at radius 1 is 1.12 bits per heavy atom. The Morgan fingerprint density at radius 2 is 1.75 bits per heavy atom. The number of ether oxygens (including phenoxy) is 1. The zero-order valence-corrected chi connectivity index (χ0v) is 16.2. The second-order valence-electron chi connectivity index (χ2n) is 8.39. The second-order valence-corrected chi connectivity index (χ2v) is 8.39. The predicted octanol–water partition coefficient (Wildman–Crippen LogP) is 3.31. The monoisotopic (exact) mass is 334 g/mol. The van der Waals surface area contributed by atoms with Gasteiger partial charge in [0, 0.05) is 17.8 Å². The molecule has 0 amide bonds. The van der Waals surface area contributed by atoms with E-state index in [1.54, 1.807) is 0 Å². The van der Waals surface area contributed by atoms with E-state index in [2.05, 4.69) is 46.2 Å². The van der Waals surface area contributed by atoms with Gasteiger partial charge in [-0.05, 0) is 59.8 Å². The molecule has 0 radical (unpaired) electrons.